The SMILES string of the molecule is CCC(ON=C(c1ccc(Cc2ccccc2)cc1)C(F)(F)F)S(=O)O. The maximum Gasteiger partial charge on any atom is 0.437 e. The van der Waals surface area contributed by atoms with Crippen LogP contribution in [0.5, 0.6) is 0 Å². The zero-order valence-electron chi connectivity index (χ0n) is 13.9. The second-order valence-electron chi connectivity index (χ2n) is 5.52. The standard InChI is InChI=1S/C18H18F3NO3S/c1-2-16(26(23)24)25-22-17(18(19,20)21)15-10-8-14(9-11-15)12-13-6-4-3-5-7-13/h3-11,16H,2,12H2,1H3,(H,23,24). The van der Waals surface area contributed by atoms with E-state index >= 15 is 0 Å². The van der Waals surface area contributed by atoms with Gasteiger partial charge >= 0.3 is 6.18 Å². The highest BCUT2D eigenvalue weighted by atomic mass is 32.2. The fourth-order valence-electron chi connectivity index (χ4n) is 2.25. The maximum atomic E-state index is 13.3. The van der Waals surface area contributed by atoms with Gasteiger partial charge in [-0.1, -0.05) is 66.7 Å². The molecule has 2 unspecified atom stereocenters. The summed E-state index contributed by atoms with van der Waals surface area (Å²) in [5.41, 5.74) is -0.833. The van der Waals surface area contributed by atoms with E-state index in [1.165, 1.54) is 19.1 Å². The van der Waals surface area contributed by atoms with Crippen molar-refractivity contribution in [2.75, 3.05) is 0 Å². The monoisotopic (exact) mass is 385 g/mol. The normalized spacial score (nSPS) is 14.7. The van der Waals surface area contributed by atoms with Gasteiger partial charge in [-0.25, -0.2) is 4.21 Å². The minimum Gasteiger partial charge on any atom is -0.376 e. The Kier molecular flexibility index (Phi) is 6.93. The third-order valence-electron chi connectivity index (χ3n) is 3.57. The van der Waals surface area contributed by atoms with Crippen molar-refractivity contribution in [2.45, 2.75) is 31.4 Å². The predicted molar refractivity (Wildman–Crippen MR) is 94.2 cm³/mol. The van der Waals surface area contributed by atoms with Gasteiger partial charge in [0.2, 0.25) is 5.44 Å². The second kappa shape index (κ2) is 8.95. The molecule has 0 aliphatic carbocycles. The molecule has 0 bridgehead atoms. The van der Waals surface area contributed by atoms with Crippen molar-refractivity contribution >= 4 is 16.8 Å². The molecule has 0 heterocycles. The van der Waals surface area contributed by atoms with Crippen LogP contribution in [0.1, 0.15) is 30.0 Å². The van der Waals surface area contributed by atoms with Gasteiger partial charge in [-0.15, -0.1) is 0 Å². The van der Waals surface area contributed by atoms with Crippen molar-refractivity contribution in [1.82, 2.24) is 0 Å². The van der Waals surface area contributed by atoms with Crippen molar-refractivity contribution in [3.05, 3.63) is 71.3 Å². The first-order valence-corrected chi connectivity index (χ1v) is 9.02. The minimum absolute atomic E-state index is 0.0494. The van der Waals surface area contributed by atoms with Crippen LogP contribution in [0.15, 0.2) is 59.8 Å². The fourth-order valence-corrected chi connectivity index (χ4v) is 2.65. The fraction of sp³-hybridized carbons (Fsp3) is 0.278. The Morgan fingerprint density at radius 3 is 2.19 bits per heavy atom. The van der Waals surface area contributed by atoms with Crippen LogP contribution in [-0.4, -0.2) is 26.1 Å². The number of hydrogen-bond donors (Lipinski definition) is 1. The summed E-state index contributed by atoms with van der Waals surface area (Å²) < 4.78 is 59.7. The summed E-state index contributed by atoms with van der Waals surface area (Å²) in [5.74, 6) is 0. The quantitative estimate of drug-likeness (QED) is 0.433. The minimum atomic E-state index is -4.75. The zero-order chi connectivity index (χ0) is 19.2. The molecule has 0 fully saturated rings. The van der Waals surface area contributed by atoms with Crippen LogP contribution in [0, 0.1) is 0 Å². The molecule has 0 saturated carbocycles. The molecule has 0 amide bonds. The molecule has 0 aliphatic rings. The largest absolute Gasteiger partial charge is 0.437 e. The summed E-state index contributed by atoms with van der Waals surface area (Å²) in [6.07, 6.45) is -4.11. The summed E-state index contributed by atoms with van der Waals surface area (Å²) in [6.45, 7) is 1.51. The average molecular weight is 385 g/mol. The van der Waals surface area contributed by atoms with Crippen molar-refractivity contribution in [1.29, 1.82) is 0 Å². The Balaban J connectivity index is 2.22. The lowest BCUT2D eigenvalue weighted by Gasteiger charge is -2.13. The molecule has 140 valence electrons. The summed E-state index contributed by atoms with van der Waals surface area (Å²) in [6, 6.07) is 15.3. The van der Waals surface area contributed by atoms with Gasteiger partial charge in [0.15, 0.2) is 16.8 Å². The molecule has 4 nitrogen and oxygen atoms in total. The highest BCUT2D eigenvalue weighted by Gasteiger charge is 2.38. The van der Waals surface area contributed by atoms with Gasteiger partial charge < -0.3 is 9.39 Å². The van der Waals surface area contributed by atoms with Crippen molar-refractivity contribution < 1.29 is 26.8 Å². The molecule has 0 aromatic heterocycles. The van der Waals surface area contributed by atoms with Gasteiger partial charge in [0, 0.05) is 5.56 Å². The molecule has 26 heavy (non-hydrogen) atoms. The Morgan fingerprint density at radius 1 is 1.12 bits per heavy atom. The maximum absolute atomic E-state index is 13.3. The molecule has 2 atom stereocenters. The Morgan fingerprint density at radius 2 is 1.69 bits per heavy atom. The van der Waals surface area contributed by atoms with Crippen LogP contribution in [0.2, 0.25) is 0 Å². The molecule has 0 spiro atoms. The van der Waals surface area contributed by atoms with Gasteiger partial charge in [0.1, 0.15) is 0 Å². The van der Waals surface area contributed by atoms with E-state index in [0.717, 1.165) is 11.1 Å². The summed E-state index contributed by atoms with van der Waals surface area (Å²) in [7, 11) is 0. The zero-order valence-corrected chi connectivity index (χ0v) is 14.8. The lowest BCUT2D eigenvalue weighted by atomic mass is 10.0. The topological polar surface area (TPSA) is 58.9 Å². The van der Waals surface area contributed by atoms with Crippen molar-refractivity contribution in [3.8, 4) is 0 Å². The van der Waals surface area contributed by atoms with E-state index in [-0.39, 0.29) is 12.0 Å². The van der Waals surface area contributed by atoms with Crippen LogP contribution in [-0.2, 0) is 22.3 Å². The van der Waals surface area contributed by atoms with Crippen LogP contribution >= 0.6 is 0 Å². The van der Waals surface area contributed by atoms with Gasteiger partial charge in [-0.3, -0.25) is 0 Å². The summed E-state index contributed by atoms with van der Waals surface area (Å²) >= 11 is -2.43. The first kappa shape index (κ1) is 20.1. The summed E-state index contributed by atoms with van der Waals surface area (Å²) in [5, 5.41) is 3.11. The molecule has 1 N–H and O–H groups in total. The molecule has 2 rings (SSSR count). The number of oxime groups is 1. The molecule has 0 saturated heterocycles. The Bertz CT molecular complexity index is 762. The number of benzene rings is 2. The molecule has 8 heteroatoms. The first-order valence-electron chi connectivity index (χ1n) is 7.85. The lowest BCUT2D eigenvalue weighted by molar-refractivity contribution is -0.0620. The Labute approximate surface area is 152 Å². The average Bonchev–Trinajstić information content (AvgIpc) is 2.59. The van der Waals surface area contributed by atoms with E-state index in [1.807, 2.05) is 30.3 Å². The van der Waals surface area contributed by atoms with Crippen LogP contribution in [0.4, 0.5) is 13.2 Å². The smallest absolute Gasteiger partial charge is 0.376 e. The third-order valence-corrected chi connectivity index (χ3v) is 4.44. The molecule has 0 aliphatic heterocycles. The van der Waals surface area contributed by atoms with Gasteiger partial charge in [0.25, 0.3) is 0 Å². The molecule has 0 radical (unpaired) electrons. The molecule has 2 aromatic rings. The van der Waals surface area contributed by atoms with Crippen molar-refractivity contribution in [2.24, 2.45) is 5.16 Å². The first-order chi connectivity index (χ1) is 12.3. The second-order valence-corrected chi connectivity index (χ2v) is 6.59. The van der Waals surface area contributed by atoms with E-state index in [1.54, 1.807) is 12.1 Å². The van der Waals surface area contributed by atoms with Crippen LogP contribution in [0.3, 0.4) is 0 Å². The van der Waals surface area contributed by atoms with E-state index in [0.29, 0.717) is 6.42 Å². The predicted octanol–water partition coefficient (Wildman–Crippen LogP) is 4.52. The van der Waals surface area contributed by atoms with Gasteiger partial charge in [0.05, 0.1) is 0 Å². The number of halogens is 3. The van der Waals surface area contributed by atoms with E-state index in [4.69, 9.17) is 4.55 Å². The molecule has 2 aromatic carbocycles. The number of hydrogen-bond acceptors (Lipinski definition) is 3. The third kappa shape index (κ3) is 5.67. The number of rotatable bonds is 7. The summed E-state index contributed by atoms with van der Waals surface area (Å²) in [4.78, 5) is 4.64. The van der Waals surface area contributed by atoms with Crippen LogP contribution < -0.4 is 0 Å². The van der Waals surface area contributed by atoms with E-state index in [9.17, 15) is 17.4 Å². The number of nitrogens with zero attached hydrogens (tertiary/aromatic N) is 1. The van der Waals surface area contributed by atoms with E-state index in [2.05, 4.69) is 9.99 Å². The lowest BCUT2D eigenvalue weighted by Crippen LogP contribution is -2.26. The Hall–Kier alpha value is -2.19. The van der Waals surface area contributed by atoms with Gasteiger partial charge in [-0.05, 0) is 24.0 Å². The highest BCUT2D eigenvalue weighted by molar-refractivity contribution is 7.79. The molecular formula is C18H18F3NO3S. The highest BCUT2D eigenvalue weighted by Crippen LogP contribution is 2.24. The van der Waals surface area contributed by atoms with E-state index < -0.39 is 28.4 Å². The van der Waals surface area contributed by atoms with Crippen LogP contribution in [0.25, 0.3) is 0 Å². The van der Waals surface area contributed by atoms with Crippen molar-refractivity contribution in [3.63, 3.8) is 0 Å². The van der Waals surface area contributed by atoms with Gasteiger partial charge in [-0.2, -0.15) is 13.2 Å². The number of alkyl halides is 3. The molecular weight excluding hydrogens is 367 g/mol.